The zero-order chi connectivity index (χ0) is 18.0. The Morgan fingerprint density at radius 3 is 2.68 bits per heavy atom. The molecule has 0 fully saturated rings. The van der Waals surface area contributed by atoms with E-state index in [4.69, 9.17) is 9.15 Å². The summed E-state index contributed by atoms with van der Waals surface area (Å²) in [7, 11) is 1.38. The van der Waals surface area contributed by atoms with Crippen LogP contribution in [0.3, 0.4) is 0 Å². The van der Waals surface area contributed by atoms with Crippen LogP contribution in [-0.2, 0) is 0 Å². The molecule has 1 N–H and O–H groups in total. The van der Waals surface area contributed by atoms with E-state index in [-0.39, 0.29) is 11.3 Å². The van der Waals surface area contributed by atoms with Crippen molar-refractivity contribution in [1.29, 1.82) is 0 Å². The highest BCUT2D eigenvalue weighted by atomic mass is 19.1. The van der Waals surface area contributed by atoms with Crippen LogP contribution in [0.15, 0.2) is 57.7 Å². The van der Waals surface area contributed by atoms with Crippen molar-refractivity contribution in [2.45, 2.75) is 13.0 Å². The van der Waals surface area contributed by atoms with Gasteiger partial charge in [0.25, 0.3) is 5.91 Å². The Balaban J connectivity index is 1.85. The normalized spacial score (nSPS) is 12.0. The van der Waals surface area contributed by atoms with Crippen LogP contribution in [0.2, 0.25) is 0 Å². The maximum absolute atomic E-state index is 13.8. The van der Waals surface area contributed by atoms with Crippen LogP contribution in [-0.4, -0.2) is 13.0 Å². The molecule has 128 valence electrons. The summed E-state index contributed by atoms with van der Waals surface area (Å²) in [5.41, 5.74) is 0.148. The van der Waals surface area contributed by atoms with Crippen LogP contribution in [0.25, 0.3) is 11.0 Å². The van der Waals surface area contributed by atoms with Gasteiger partial charge >= 0.3 is 5.63 Å². The minimum absolute atomic E-state index is 0.0977. The van der Waals surface area contributed by atoms with E-state index in [9.17, 15) is 14.0 Å². The van der Waals surface area contributed by atoms with Crippen LogP contribution in [0, 0.1) is 5.82 Å². The van der Waals surface area contributed by atoms with Crippen LogP contribution < -0.4 is 15.7 Å². The molecule has 3 rings (SSSR count). The second kappa shape index (κ2) is 6.76. The Labute approximate surface area is 143 Å². The maximum atomic E-state index is 13.8. The van der Waals surface area contributed by atoms with Gasteiger partial charge in [-0.1, -0.05) is 24.3 Å². The lowest BCUT2D eigenvalue weighted by molar-refractivity contribution is 0.0936. The number of halogens is 1. The number of carbonyl (C=O) groups excluding carboxylic acids is 1. The largest absolute Gasteiger partial charge is 0.494 e. The number of para-hydroxylation sites is 1. The predicted molar refractivity (Wildman–Crippen MR) is 91.3 cm³/mol. The number of carbonyl (C=O) groups is 1. The summed E-state index contributed by atoms with van der Waals surface area (Å²) in [6, 6.07) is 12.3. The summed E-state index contributed by atoms with van der Waals surface area (Å²) in [6.07, 6.45) is 0. The summed E-state index contributed by atoms with van der Waals surface area (Å²) in [5, 5.41) is 3.32. The first-order chi connectivity index (χ1) is 12.0. The van der Waals surface area contributed by atoms with Gasteiger partial charge in [0.2, 0.25) is 0 Å². The average Bonchev–Trinajstić information content (AvgIpc) is 2.60. The lowest BCUT2D eigenvalue weighted by Gasteiger charge is -2.15. The van der Waals surface area contributed by atoms with Gasteiger partial charge in [0.1, 0.15) is 11.1 Å². The smallest absolute Gasteiger partial charge is 0.349 e. The van der Waals surface area contributed by atoms with Crippen molar-refractivity contribution in [2.24, 2.45) is 0 Å². The van der Waals surface area contributed by atoms with Crippen molar-refractivity contribution >= 4 is 16.9 Å². The molecule has 0 bridgehead atoms. The fourth-order valence-electron chi connectivity index (χ4n) is 2.53. The van der Waals surface area contributed by atoms with Gasteiger partial charge in [-0.25, -0.2) is 9.18 Å². The molecule has 25 heavy (non-hydrogen) atoms. The molecule has 1 amide bonds. The molecule has 0 radical (unpaired) electrons. The van der Waals surface area contributed by atoms with Crippen LogP contribution in [0.5, 0.6) is 5.75 Å². The molecule has 1 aromatic heterocycles. The Bertz CT molecular complexity index is 996. The van der Waals surface area contributed by atoms with Crippen molar-refractivity contribution < 1.29 is 18.3 Å². The summed E-state index contributed by atoms with van der Waals surface area (Å²) in [5.74, 6) is -0.980. The molecule has 6 heteroatoms. The third-order valence-electron chi connectivity index (χ3n) is 3.91. The lowest BCUT2D eigenvalue weighted by atomic mass is 10.1. The number of hydrogen-bond donors (Lipinski definition) is 1. The summed E-state index contributed by atoms with van der Waals surface area (Å²) in [6.45, 7) is 1.70. The van der Waals surface area contributed by atoms with Gasteiger partial charge in [0, 0.05) is 5.39 Å². The monoisotopic (exact) mass is 341 g/mol. The minimum atomic E-state index is -0.718. The fourth-order valence-corrected chi connectivity index (χ4v) is 2.53. The number of fused-ring (bicyclic) bond motifs is 1. The van der Waals surface area contributed by atoms with E-state index in [2.05, 4.69) is 5.32 Å². The molecular formula is C19H16FNO4. The van der Waals surface area contributed by atoms with Gasteiger partial charge in [-0.2, -0.15) is 0 Å². The van der Waals surface area contributed by atoms with Crippen LogP contribution in [0.4, 0.5) is 4.39 Å². The summed E-state index contributed by atoms with van der Waals surface area (Å²) >= 11 is 0. The predicted octanol–water partition coefficient (Wildman–Crippen LogP) is 3.43. The standard InChI is InChI=1S/C19H16FNO4/c1-11(12-7-8-17(24-2)15(20)10-12)21-18(22)14-9-13-5-3-4-6-16(13)25-19(14)23/h3-11H,1-2H3,(H,21,22)/t11-/m1/s1. The molecule has 3 aromatic rings. The zero-order valence-corrected chi connectivity index (χ0v) is 13.7. The molecule has 5 nitrogen and oxygen atoms in total. The molecule has 0 aliphatic rings. The minimum Gasteiger partial charge on any atom is -0.494 e. The first-order valence-corrected chi connectivity index (χ1v) is 7.67. The summed E-state index contributed by atoms with van der Waals surface area (Å²) in [4.78, 5) is 24.4. The maximum Gasteiger partial charge on any atom is 0.349 e. The first kappa shape index (κ1) is 16.7. The van der Waals surface area contributed by atoms with E-state index in [0.29, 0.717) is 16.5 Å². The van der Waals surface area contributed by atoms with E-state index >= 15 is 0 Å². The first-order valence-electron chi connectivity index (χ1n) is 7.67. The van der Waals surface area contributed by atoms with Gasteiger partial charge in [-0.15, -0.1) is 0 Å². The number of methoxy groups -OCH3 is 1. The lowest BCUT2D eigenvalue weighted by Crippen LogP contribution is -2.30. The average molecular weight is 341 g/mol. The van der Waals surface area contributed by atoms with Crippen LogP contribution in [0.1, 0.15) is 28.9 Å². The highest BCUT2D eigenvalue weighted by Crippen LogP contribution is 2.22. The number of amides is 1. The highest BCUT2D eigenvalue weighted by Gasteiger charge is 2.17. The van der Waals surface area contributed by atoms with E-state index in [0.717, 1.165) is 0 Å². The quantitative estimate of drug-likeness (QED) is 0.738. The van der Waals surface area contributed by atoms with E-state index < -0.39 is 23.4 Å². The number of hydrogen-bond acceptors (Lipinski definition) is 4. The number of rotatable bonds is 4. The molecule has 0 aliphatic heterocycles. The Morgan fingerprint density at radius 2 is 1.96 bits per heavy atom. The van der Waals surface area contributed by atoms with E-state index in [1.54, 1.807) is 37.3 Å². The molecule has 0 unspecified atom stereocenters. The summed E-state index contributed by atoms with van der Waals surface area (Å²) < 4.78 is 23.8. The fraction of sp³-hybridized carbons (Fsp3) is 0.158. The van der Waals surface area contributed by atoms with Gasteiger partial charge in [0.15, 0.2) is 11.6 Å². The zero-order valence-electron chi connectivity index (χ0n) is 13.7. The molecule has 0 saturated heterocycles. The highest BCUT2D eigenvalue weighted by molar-refractivity contribution is 5.96. The SMILES string of the molecule is COc1ccc([C@@H](C)NC(=O)c2cc3ccccc3oc2=O)cc1F. The van der Waals surface area contributed by atoms with Crippen molar-refractivity contribution in [2.75, 3.05) is 7.11 Å². The Hall–Kier alpha value is -3.15. The number of ether oxygens (including phenoxy) is 1. The Kier molecular flexibility index (Phi) is 4.52. The second-order valence-electron chi connectivity index (χ2n) is 5.57. The molecule has 0 aliphatic carbocycles. The van der Waals surface area contributed by atoms with Gasteiger partial charge in [0.05, 0.1) is 13.2 Å². The van der Waals surface area contributed by atoms with Gasteiger partial charge < -0.3 is 14.5 Å². The molecular weight excluding hydrogens is 325 g/mol. The topological polar surface area (TPSA) is 68.5 Å². The van der Waals surface area contributed by atoms with Crippen molar-refractivity contribution in [1.82, 2.24) is 5.32 Å². The van der Waals surface area contributed by atoms with Crippen LogP contribution >= 0.6 is 0 Å². The van der Waals surface area contributed by atoms with Gasteiger partial charge in [-0.05, 0) is 36.8 Å². The Morgan fingerprint density at radius 1 is 1.20 bits per heavy atom. The number of nitrogens with one attached hydrogen (secondary N) is 1. The third kappa shape index (κ3) is 3.38. The molecule has 0 saturated carbocycles. The second-order valence-corrected chi connectivity index (χ2v) is 5.57. The molecule has 2 aromatic carbocycles. The third-order valence-corrected chi connectivity index (χ3v) is 3.91. The van der Waals surface area contributed by atoms with Crippen molar-refractivity contribution in [3.63, 3.8) is 0 Å². The van der Waals surface area contributed by atoms with Crippen molar-refractivity contribution in [3.8, 4) is 5.75 Å². The molecule has 1 heterocycles. The van der Waals surface area contributed by atoms with E-state index in [1.807, 2.05) is 0 Å². The molecule has 0 spiro atoms. The van der Waals surface area contributed by atoms with Gasteiger partial charge in [-0.3, -0.25) is 4.79 Å². The van der Waals surface area contributed by atoms with Crippen molar-refractivity contribution in [3.05, 3.63) is 75.9 Å². The van der Waals surface area contributed by atoms with E-state index in [1.165, 1.54) is 25.3 Å². The molecule has 1 atom stereocenters. The number of benzene rings is 2.